The zero-order valence-corrected chi connectivity index (χ0v) is 12.2. The van der Waals surface area contributed by atoms with Crippen LogP contribution < -0.4 is 5.32 Å². The molecule has 1 aromatic heterocycles. The average molecular weight is 306 g/mol. The van der Waals surface area contributed by atoms with E-state index in [-0.39, 0.29) is 0 Å². The minimum atomic E-state index is 0.700. The van der Waals surface area contributed by atoms with Crippen LogP contribution >= 0.6 is 15.9 Å². The van der Waals surface area contributed by atoms with Crippen LogP contribution in [-0.2, 0) is 0 Å². The van der Waals surface area contributed by atoms with E-state index in [4.69, 9.17) is 0 Å². The smallest absolute Gasteiger partial charge is 0.207 e. The molecule has 0 aliphatic rings. The van der Waals surface area contributed by atoms with Crippen LogP contribution in [0.1, 0.15) is 11.3 Å². The van der Waals surface area contributed by atoms with Gasteiger partial charge >= 0.3 is 0 Å². The van der Waals surface area contributed by atoms with Gasteiger partial charge in [-0.3, -0.25) is 4.57 Å². The highest BCUT2D eigenvalue weighted by Gasteiger charge is 2.07. The lowest BCUT2D eigenvalue weighted by atomic mass is 10.2. The lowest BCUT2D eigenvalue weighted by Gasteiger charge is -2.09. The summed E-state index contributed by atoms with van der Waals surface area (Å²) in [6.45, 7) is 8.47. The number of rotatable bonds is 4. The Kier molecular flexibility index (Phi) is 3.87. The predicted octanol–water partition coefficient (Wildman–Crippen LogP) is 3.85. The van der Waals surface area contributed by atoms with Gasteiger partial charge in [-0.2, -0.15) is 0 Å². The third-order valence-corrected chi connectivity index (χ3v) is 3.54. The Morgan fingerprint density at radius 2 is 2.22 bits per heavy atom. The molecule has 94 valence electrons. The van der Waals surface area contributed by atoms with Gasteiger partial charge in [0.05, 0.1) is 5.69 Å². The maximum atomic E-state index is 4.47. The summed E-state index contributed by atoms with van der Waals surface area (Å²) in [4.78, 5) is 4.47. The molecule has 0 bridgehead atoms. The lowest BCUT2D eigenvalue weighted by molar-refractivity contribution is 1.04. The fraction of sp³-hybridized carbons (Fsp3) is 0.214. The maximum absolute atomic E-state index is 4.47. The topological polar surface area (TPSA) is 29.9 Å². The first-order chi connectivity index (χ1) is 8.61. The quantitative estimate of drug-likeness (QED) is 0.870. The molecule has 0 unspecified atom stereocenters. The second-order valence-corrected chi connectivity index (χ2v) is 5.03. The van der Waals surface area contributed by atoms with Gasteiger partial charge in [-0.15, -0.1) is 6.58 Å². The molecule has 0 radical (unpaired) electrons. The third kappa shape index (κ3) is 2.64. The van der Waals surface area contributed by atoms with E-state index < -0.39 is 0 Å². The van der Waals surface area contributed by atoms with Crippen LogP contribution in [0, 0.1) is 13.8 Å². The van der Waals surface area contributed by atoms with Crippen molar-refractivity contribution in [3.8, 4) is 5.69 Å². The standard InChI is InChI=1S/C14H16BrN3/c1-4-7-16-14-17-11(3)9-18(14)12-5-6-13(15)10(2)8-12/h4-6,8-9H,1,7H2,2-3H3,(H,16,17). The van der Waals surface area contributed by atoms with Gasteiger partial charge in [0, 0.05) is 22.9 Å². The van der Waals surface area contributed by atoms with Crippen molar-refractivity contribution in [1.29, 1.82) is 0 Å². The molecule has 0 aliphatic carbocycles. The molecule has 0 saturated carbocycles. The van der Waals surface area contributed by atoms with Crippen LogP contribution in [0.2, 0.25) is 0 Å². The first-order valence-electron chi connectivity index (χ1n) is 5.79. The Morgan fingerprint density at radius 3 is 2.89 bits per heavy atom. The second kappa shape index (κ2) is 5.40. The average Bonchev–Trinajstić information content (AvgIpc) is 2.71. The summed E-state index contributed by atoms with van der Waals surface area (Å²) in [5.41, 5.74) is 3.29. The number of hydrogen-bond donors (Lipinski definition) is 1. The second-order valence-electron chi connectivity index (χ2n) is 4.18. The molecule has 0 amide bonds. The van der Waals surface area contributed by atoms with E-state index in [1.165, 1.54) is 5.56 Å². The number of anilines is 1. The normalized spacial score (nSPS) is 10.4. The molecule has 0 aliphatic heterocycles. The van der Waals surface area contributed by atoms with Crippen LogP contribution in [0.25, 0.3) is 5.69 Å². The van der Waals surface area contributed by atoms with Crippen molar-refractivity contribution in [3.63, 3.8) is 0 Å². The highest BCUT2D eigenvalue weighted by molar-refractivity contribution is 9.10. The van der Waals surface area contributed by atoms with Gasteiger partial charge in [0.25, 0.3) is 0 Å². The number of nitrogens with zero attached hydrogens (tertiary/aromatic N) is 2. The Labute approximate surface area is 116 Å². The molecule has 0 atom stereocenters. The molecule has 3 nitrogen and oxygen atoms in total. The van der Waals surface area contributed by atoms with Gasteiger partial charge < -0.3 is 5.32 Å². The van der Waals surface area contributed by atoms with E-state index >= 15 is 0 Å². The fourth-order valence-electron chi connectivity index (χ4n) is 1.76. The van der Waals surface area contributed by atoms with E-state index in [2.05, 4.69) is 62.5 Å². The summed E-state index contributed by atoms with van der Waals surface area (Å²) < 4.78 is 3.17. The van der Waals surface area contributed by atoms with Crippen molar-refractivity contribution in [2.75, 3.05) is 11.9 Å². The third-order valence-electron chi connectivity index (χ3n) is 2.65. The van der Waals surface area contributed by atoms with Gasteiger partial charge in [0.1, 0.15) is 0 Å². The fourth-order valence-corrected chi connectivity index (χ4v) is 2.01. The summed E-state index contributed by atoms with van der Waals surface area (Å²) in [5, 5.41) is 3.24. The SMILES string of the molecule is C=CCNc1nc(C)cn1-c1ccc(Br)c(C)c1. The van der Waals surface area contributed by atoms with Gasteiger partial charge in [0.15, 0.2) is 0 Å². The number of aryl methyl sites for hydroxylation is 2. The van der Waals surface area contributed by atoms with Crippen molar-refractivity contribution < 1.29 is 0 Å². The molecule has 1 N–H and O–H groups in total. The molecular formula is C14H16BrN3. The Hall–Kier alpha value is -1.55. The summed E-state index contributed by atoms with van der Waals surface area (Å²) >= 11 is 3.51. The van der Waals surface area contributed by atoms with Crippen LogP contribution in [0.5, 0.6) is 0 Å². The van der Waals surface area contributed by atoms with Gasteiger partial charge in [-0.25, -0.2) is 4.98 Å². The van der Waals surface area contributed by atoms with E-state index in [0.717, 1.165) is 21.8 Å². The molecular weight excluding hydrogens is 290 g/mol. The first-order valence-corrected chi connectivity index (χ1v) is 6.58. The Morgan fingerprint density at radius 1 is 1.44 bits per heavy atom. The predicted molar refractivity (Wildman–Crippen MR) is 79.4 cm³/mol. The minimum absolute atomic E-state index is 0.700. The molecule has 0 spiro atoms. The molecule has 18 heavy (non-hydrogen) atoms. The molecule has 0 fully saturated rings. The summed E-state index contributed by atoms with van der Waals surface area (Å²) in [6.07, 6.45) is 3.84. The van der Waals surface area contributed by atoms with Crippen molar-refractivity contribution >= 4 is 21.9 Å². The molecule has 2 aromatic rings. The van der Waals surface area contributed by atoms with E-state index in [9.17, 15) is 0 Å². The number of nitrogens with one attached hydrogen (secondary N) is 1. The molecule has 2 rings (SSSR count). The van der Waals surface area contributed by atoms with Crippen molar-refractivity contribution in [2.24, 2.45) is 0 Å². The summed E-state index contributed by atoms with van der Waals surface area (Å²) in [7, 11) is 0. The molecule has 4 heteroatoms. The van der Waals surface area contributed by atoms with E-state index in [0.29, 0.717) is 6.54 Å². The monoisotopic (exact) mass is 305 g/mol. The summed E-state index contributed by atoms with van der Waals surface area (Å²) in [6, 6.07) is 6.25. The molecule has 0 saturated heterocycles. The van der Waals surface area contributed by atoms with Crippen LogP contribution in [-0.4, -0.2) is 16.1 Å². The number of aromatic nitrogens is 2. The number of benzene rings is 1. The zero-order chi connectivity index (χ0) is 13.1. The van der Waals surface area contributed by atoms with Crippen molar-refractivity contribution in [3.05, 3.63) is 52.8 Å². The lowest BCUT2D eigenvalue weighted by Crippen LogP contribution is -2.05. The highest BCUT2D eigenvalue weighted by atomic mass is 79.9. The van der Waals surface area contributed by atoms with Crippen molar-refractivity contribution in [1.82, 2.24) is 9.55 Å². The highest BCUT2D eigenvalue weighted by Crippen LogP contribution is 2.22. The van der Waals surface area contributed by atoms with Gasteiger partial charge in [-0.05, 0) is 37.6 Å². The van der Waals surface area contributed by atoms with Gasteiger partial charge in [0.2, 0.25) is 5.95 Å². The molecule has 1 aromatic carbocycles. The van der Waals surface area contributed by atoms with E-state index in [1.807, 2.05) is 19.2 Å². The zero-order valence-electron chi connectivity index (χ0n) is 10.6. The van der Waals surface area contributed by atoms with Gasteiger partial charge in [-0.1, -0.05) is 22.0 Å². The van der Waals surface area contributed by atoms with Crippen molar-refractivity contribution in [2.45, 2.75) is 13.8 Å². The number of halogens is 1. The van der Waals surface area contributed by atoms with Crippen LogP contribution in [0.4, 0.5) is 5.95 Å². The van der Waals surface area contributed by atoms with Crippen LogP contribution in [0.3, 0.4) is 0 Å². The first kappa shape index (κ1) is 12.9. The maximum Gasteiger partial charge on any atom is 0.207 e. The summed E-state index contributed by atoms with van der Waals surface area (Å²) in [5.74, 6) is 0.842. The Bertz CT molecular complexity index is 572. The molecule has 1 heterocycles. The number of imidazole rings is 1. The number of hydrogen-bond acceptors (Lipinski definition) is 2. The van der Waals surface area contributed by atoms with Crippen LogP contribution in [0.15, 0.2) is 41.5 Å². The largest absolute Gasteiger partial charge is 0.352 e. The minimum Gasteiger partial charge on any atom is -0.352 e. The van der Waals surface area contributed by atoms with E-state index in [1.54, 1.807) is 0 Å². The Balaban J connectivity index is 2.42.